The third kappa shape index (κ3) is 2.97. The Balaban J connectivity index is 1.61. The number of hydrogen-bond acceptors (Lipinski definition) is 2. The fourth-order valence-corrected chi connectivity index (χ4v) is 4.13. The van der Waals surface area contributed by atoms with Crippen LogP contribution in [0.15, 0.2) is 78.9 Å². The third-order valence-corrected chi connectivity index (χ3v) is 6.52. The van der Waals surface area contributed by atoms with Crippen LogP contribution < -0.4 is 5.46 Å². The van der Waals surface area contributed by atoms with Crippen LogP contribution in [0.1, 0.15) is 27.7 Å². The maximum absolute atomic E-state index is 6.31. The van der Waals surface area contributed by atoms with E-state index in [2.05, 4.69) is 107 Å². The summed E-state index contributed by atoms with van der Waals surface area (Å²) in [6.07, 6.45) is 0. The average molecular weight is 380 g/mol. The van der Waals surface area contributed by atoms with Crippen LogP contribution in [-0.2, 0) is 9.31 Å². The van der Waals surface area contributed by atoms with Gasteiger partial charge in [-0.05, 0) is 71.9 Å². The summed E-state index contributed by atoms with van der Waals surface area (Å²) < 4.78 is 12.6. The molecule has 1 aliphatic rings. The van der Waals surface area contributed by atoms with E-state index in [4.69, 9.17) is 9.31 Å². The van der Waals surface area contributed by atoms with Gasteiger partial charge in [0.15, 0.2) is 0 Å². The molecule has 4 aromatic carbocycles. The highest BCUT2D eigenvalue weighted by Crippen LogP contribution is 2.37. The van der Waals surface area contributed by atoms with E-state index in [0.717, 1.165) is 5.46 Å². The van der Waals surface area contributed by atoms with Crippen molar-refractivity contribution < 1.29 is 9.31 Å². The smallest absolute Gasteiger partial charge is 0.399 e. The van der Waals surface area contributed by atoms with Gasteiger partial charge in [0.25, 0.3) is 0 Å². The molecule has 1 heterocycles. The van der Waals surface area contributed by atoms with Gasteiger partial charge in [-0.1, -0.05) is 72.8 Å². The SMILES string of the molecule is CC1(C)OB(c2cccc3cc(-c4cccc5ccccc45)ccc23)OC1(C)C. The lowest BCUT2D eigenvalue weighted by molar-refractivity contribution is 0.00578. The highest BCUT2D eigenvalue weighted by molar-refractivity contribution is 6.65. The van der Waals surface area contributed by atoms with Crippen LogP contribution >= 0.6 is 0 Å². The molecule has 0 bridgehead atoms. The molecule has 0 atom stereocenters. The lowest BCUT2D eigenvalue weighted by Gasteiger charge is -2.32. The topological polar surface area (TPSA) is 18.5 Å². The van der Waals surface area contributed by atoms with Crippen LogP contribution in [0.4, 0.5) is 0 Å². The van der Waals surface area contributed by atoms with Gasteiger partial charge in [0.1, 0.15) is 0 Å². The van der Waals surface area contributed by atoms with Gasteiger partial charge in [0, 0.05) is 0 Å². The van der Waals surface area contributed by atoms with E-state index in [1.165, 1.54) is 32.7 Å². The molecule has 1 saturated heterocycles. The molecule has 0 aliphatic carbocycles. The molecule has 0 spiro atoms. The maximum Gasteiger partial charge on any atom is 0.495 e. The molecular weight excluding hydrogens is 355 g/mol. The summed E-state index contributed by atoms with van der Waals surface area (Å²) in [6, 6.07) is 28.1. The van der Waals surface area contributed by atoms with Crippen molar-refractivity contribution in [1.29, 1.82) is 0 Å². The van der Waals surface area contributed by atoms with Crippen molar-refractivity contribution in [1.82, 2.24) is 0 Å². The van der Waals surface area contributed by atoms with Crippen LogP contribution in [0, 0.1) is 0 Å². The zero-order valence-electron chi connectivity index (χ0n) is 17.4. The first-order valence-corrected chi connectivity index (χ1v) is 10.2. The van der Waals surface area contributed by atoms with Gasteiger partial charge in [-0.15, -0.1) is 0 Å². The molecule has 0 amide bonds. The van der Waals surface area contributed by atoms with Crippen LogP contribution in [0.3, 0.4) is 0 Å². The normalized spacial score (nSPS) is 17.9. The van der Waals surface area contributed by atoms with E-state index in [9.17, 15) is 0 Å². The molecular formula is C26H25BO2. The number of rotatable bonds is 2. The average Bonchev–Trinajstić information content (AvgIpc) is 2.93. The fourth-order valence-electron chi connectivity index (χ4n) is 4.13. The molecule has 3 heteroatoms. The zero-order valence-corrected chi connectivity index (χ0v) is 17.4. The summed E-state index contributed by atoms with van der Waals surface area (Å²) in [5, 5.41) is 4.91. The van der Waals surface area contributed by atoms with Crippen LogP contribution in [-0.4, -0.2) is 18.3 Å². The summed E-state index contributed by atoms with van der Waals surface area (Å²) in [5.41, 5.74) is 2.88. The first-order valence-electron chi connectivity index (χ1n) is 10.2. The first kappa shape index (κ1) is 18.4. The molecule has 0 aromatic heterocycles. The fraction of sp³-hybridized carbons (Fsp3) is 0.231. The van der Waals surface area contributed by atoms with Crippen LogP contribution in [0.25, 0.3) is 32.7 Å². The molecule has 0 radical (unpaired) electrons. The van der Waals surface area contributed by atoms with Gasteiger partial charge in [-0.25, -0.2) is 0 Å². The quantitative estimate of drug-likeness (QED) is 0.400. The number of fused-ring (bicyclic) bond motifs is 2. The highest BCUT2D eigenvalue weighted by atomic mass is 16.7. The van der Waals surface area contributed by atoms with Crippen molar-refractivity contribution in [3.63, 3.8) is 0 Å². The molecule has 4 aromatic rings. The van der Waals surface area contributed by atoms with Gasteiger partial charge in [0.2, 0.25) is 0 Å². The van der Waals surface area contributed by atoms with Gasteiger partial charge in [0.05, 0.1) is 11.2 Å². The molecule has 1 fully saturated rings. The molecule has 5 rings (SSSR count). The van der Waals surface area contributed by atoms with Crippen molar-refractivity contribution in [3.05, 3.63) is 78.9 Å². The minimum Gasteiger partial charge on any atom is -0.399 e. The maximum atomic E-state index is 6.31. The summed E-state index contributed by atoms with van der Waals surface area (Å²) in [7, 11) is -0.355. The van der Waals surface area contributed by atoms with E-state index < -0.39 is 0 Å². The molecule has 2 nitrogen and oxygen atoms in total. The van der Waals surface area contributed by atoms with Crippen molar-refractivity contribution in [2.75, 3.05) is 0 Å². The highest BCUT2D eigenvalue weighted by Gasteiger charge is 2.52. The summed E-state index contributed by atoms with van der Waals surface area (Å²) in [5.74, 6) is 0. The van der Waals surface area contributed by atoms with Crippen molar-refractivity contribution in [3.8, 4) is 11.1 Å². The second kappa shape index (κ2) is 6.45. The van der Waals surface area contributed by atoms with Crippen molar-refractivity contribution >= 4 is 34.1 Å². The molecule has 144 valence electrons. The summed E-state index contributed by atoms with van der Waals surface area (Å²) >= 11 is 0. The van der Waals surface area contributed by atoms with Gasteiger partial charge in [-0.2, -0.15) is 0 Å². The molecule has 0 unspecified atom stereocenters. The number of hydrogen-bond donors (Lipinski definition) is 0. The molecule has 0 saturated carbocycles. The van der Waals surface area contributed by atoms with Crippen LogP contribution in [0.2, 0.25) is 0 Å². The lowest BCUT2D eigenvalue weighted by atomic mass is 9.76. The summed E-state index contributed by atoms with van der Waals surface area (Å²) in [4.78, 5) is 0. The standard InChI is InChI=1S/C26H25BO2/c1-25(2)26(3,4)29-27(28-25)24-14-8-11-19-17-20(15-16-23(19)24)22-13-7-10-18-9-5-6-12-21(18)22/h5-17H,1-4H3. The Hall–Kier alpha value is -2.62. The molecule has 29 heavy (non-hydrogen) atoms. The summed E-state index contributed by atoms with van der Waals surface area (Å²) in [6.45, 7) is 8.38. The minimum atomic E-state index is -0.355. The third-order valence-electron chi connectivity index (χ3n) is 6.52. The van der Waals surface area contributed by atoms with Crippen molar-refractivity contribution in [2.24, 2.45) is 0 Å². The van der Waals surface area contributed by atoms with Crippen LogP contribution in [0.5, 0.6) is 0 Å². The predicted octanol–water partition coefficient (Wildman–Crippen LogP) is 5.96. The van der Waals surface area contributed by atoms with Gasteiger partial charge < -0.3 is 9.31 Å². The van der Waals surface area contributed by atoms with Gasteiger partial charge in [-0.3, -0.25) is 0 Å². The van der Waals surface area contributed by atoms with E-state index in [-0.39, 0.29) is 18.3 Å². The van der Waals surface area contributed by atoms with E-state index in [0.29, 0.717) is 0 Å². The Morgan fingerprint density at radius 2 is 1.28 bits per heavy atom. The monoisotopic (exact) mass is 380 g/mol. The van der Waals surface area contributed by atoms with Crippen molar-refractivity contribution in [2.45, 2.75) is 38.9 Å². The van der Waals surface area contributed by atoms with E-state index >= 15 is 0 Å². The molecule has 1 aliphatic heterocycles. The largest absolute Gasteiger partial charge is 0.495 e. The second-order valence-electron chi connectivity index (χ2n) is 8.90. The first-order chi connectivity index (χ1) is 13.9. The van der Waals surface area contributed by atoms with E-state index in [1.807, 2.05) is 0 Å². The Morgan fingerprint density at radius 1 is 0.621 bits per heavy atom. The molecule has 0 N–H and O–H groups in total. The number of benzene rings is 4. The Labute approximate surface area is 172 Å². The zero-order chi connectivity index (χ0) is 20.2. The second-order valence-corrected chi connectivity index (χ2v) is 8.90. The minimum absolute atomic E-state index is 0.345. The Morgan fingerprint density at radius 3 is 2.07 bits per heavy atom. The predicted molar refractivity (Wildman–Crippen MR) is 123 cm³/mol. The lowest BCUT2D eigenvalue weighted by Crippen LogP contribution is -2.41. The Kier molecular flexibility index (Phi) is 4.09. The van der Waals surface area contributed by atoms with E-state index in [1.54, 1.807) is 0 Å². The Bertz CT molecular complexity index is 1200. The van der Waals surface area contributed by atoms with Gasteiger partial charge >= 0.3 is 7.12 Å².